The molecule has 8 heteroatoms. The molecule has 0 unspecified atom stereocenters. The van der Waals surface area contributed by atoms with Crippen molar-refractivity contribution in [3.05, 3.63) is 57.4 Å². The lowest BCUT2D eigenvalue weighted by Gasteiger charge is -2.43. The predicted octanol–water partition coefficient (Wildman–Crippen LogP) is 3.67. The molecule has 5 rings (SSSR count). The van der Waals surface area contributed by atoms with E-state index in [9.17, 15) is 14.4 Å². The van der Waals surface area contributed by atoms with Gasteiger partial charge >= 0.3 is 0 Å². The number of hydrogen-bond acceptors (Lipinski definition) is 6. The van der Waals surface area contributed by atoms with Crippen LogP contribution in [0.25, 0.3) is 12.2 Å². The van der Waals surface area contributed by atoms with Gasteiger partial charge in [0.25, 0.3) is 0 Å². The Bertz CT molecular complexity index is 1190. The first-order valence-corrected chi connectivity index (χ1v) is 13.1. The van der Waals surface area contributed by atoms with Gasteiger partial charge in [-0.05, 0) is 86.0 Å². The first-order chi connectivity index (χ1) is 16.9. The number of hydrogen-bond donors (Lipinski definition) is 1. The summed E-state index contributed by atoms with van der Waals surface area (Å²) in [5.74, 6) is -0.0236. The molecule has 0 saturated carbocycles. The molecule has 0 atom stereocenters. The van der Waals surface area contributed by atoms with E-state index >= 15 is 0 Å². The van der Waals surface area contributed by atoms with Crippen LogP contribution in [0.5, 0.6) is 0 Å². The summed E-state index contributed by atoms with van der Waals surface area (Å²) in [6, 6.07) is 6.14. The molecule has 1 N–H and O–H groups in total. The van der Waals surface area contributed by atoms with Crippen molar-refractivity contribution in [2.24, 2.45) is 5.41 Å². The minimum atomic E-state index is -0.564. The second-order valence-corrected chi connectivity index (χ2v) is 10.6. The van der Waals surface area contributed by atoms with Gasteiger partial charge in [0.05, 0.1) is 5.41 Å². The molecule has 2 aromatic rings. The molecule has 3 aliphatic rings. The summed E-state index contributed by atoms with van der Waals surface area (Å²) in [5, 5.41) is 5.38. The Kier molecular flexibility index (Phi) is 6.67. The molecule has 0 bridgehead atoms. The number of anilines is 1. The SMILES string of the molecule is CC(=O)N1C(=O)C2(CCNCC2)Cc2cc(C=CC(=O)N3CCC(=Cc4cccs4)CC3)cnc21. The summed E-state index contributed by atoms with van der Waals surface area (Å²) in [4.78, 5) is 47.3. The van der Waals surface area contributed by atoms with E-state index in [1.807, 2.05) is 11.0 Å². The number of carbonyl (C=O) groups excluding carboxylic acids is 3. The van der Waals surface area contributed by atoms with Crippen LogP contribution in [0.4, 0.5) is 5.82 Å². The maximum absolute atomic E-state index is 13.3. The van der Waals surface area contributed by atoms with Crippen molar-refractivity contribution < 1.29 is 14.4 Å². The fraction of sp³-hybridized carbons (Fsp3) is 0.407. The molecular weight excluding hydrogens is 460 g/mol. The van der Waals surface area contributed by atoms with Crippen LogP contribution in [0.15, 0.2) is 41.4 Å². The van der Waals surface area contributed by atoms with Crippen molar-refractivity contribution in [2.45, 2.75) is 39.0 Å². The van der Waals surface area contributed by atoms with E-state index in [1.165, 1.54) is 22.3 Å². The van der Waals surface area contributed by atoms with Gasteiger partial charge in [0.2, 0.25) is 17.7 Å². The fourth-order valence-corrected chi connectivity index (χ4v) is 6.02. The molecular formula is C27H30N4O3S. The Morgan fingerprint density at radius 2 is 1.97 bits per heavy atom. The van der Waals surface area contributed by atoms with Crippen molar-refractivity contribution in [3.63, 3.8) is 0 Å². The van der Waals surface area contributed by atoms with E-state index in [0.29, 0.717) is 25.1 Å². The minimum Gasteiger partial charge on any atom is -0.339 e. The van der Waals surface area contributed by atoms with Gasteiger partial charge in [-0.15, -0.1) is 11.3 Å². The van der Waals surface area contributed by atoms with Crippen LogP contribution in [0.3, 0.4) is 0 Å². The Labute approximate surface area is 209 Å². The van der Waals surface area contributed by atoms with Crippen molar-refractivity contribution in [1.82, 2.24) is 15.2 Å². The molecule has 5 heterocycles. The standard InChI is InChI=1S/C27H30N4O3S/c1-19(32)31-25-22(17-27(26(31)34)8-10-28-11-9-27)15-21(18-29-25)4-5-24(33)30-12-6-20(7-13-30)16-23-3-2-14-35-23/h2-5,14-16,18,28H,6-13,17H2,1H3. The largest absolute Gasteiger partial charge is 0.339 e. The number of piperidine rings is 2. The number of rotatable bonds is 3. The highest BCUT2D eigenvalue weighted by molar-refractivity contribution is 7.10. The Morgan fingerprint density at radius 1 is 1.20 bits per heavy atom. The summed E-state index contributed by atoms with van der Waals surface area (Å²) in [6.45, 7) is 4.36. The second-order valence-electron chi connectivity index (χ2n) is 9.59. The molecule has 1 spiro atoms. The average molecular weight is 491 g/mol. The number of fused-ring (bicyclic) bond motifs is 1. The van der Waals surface area contributed by atoms with Gasteiger partial charge in [-0.3, -0.25) is 14.4 Å². The van der Waals surface area contributed by atoms with Crippen LogP contribution in [0.2, 0.25) is 0 Å². The van der Waals surface area contributed by atoms with Crippen LogP contribution < -0.4 is 10.2 Å². The van der Waals surface area contributed by atoms with Gasteiger partial charge in [-0.2, -0.15) is 0 Å². The lowest BCUT2D eigenvalue weighted by atomic mass is 9.71. The number of imide groups is 1. The highest BCUT2D eigenvalue weighted by Gasteiger charge is 2.48. The summed E-state index contributed by atoms with van der Waals surface area (Å²) in [5.41, 5.74) is 2.51. The molecule has 35 heavy (non-hydrogen) atoms. The van der Waals surface area contributed by atoms with Crippen LogP contribution in [0, 0.1) is 5.41 Å². The molecule has 0 radical (unpaired) electrons. The maximum atomic E-state index is 13.3. The lowest BCUT2D eigenvalue weighted by Crippen LogP contribution is -2.55. The first kappa shape index (κ1) is 23.6. The number of amides is 3. The van der Waals surface area contributed by atoms with E-state index in [1.54, 1.807) is 29.7 Å². The van der Waals surface area contributed by atoms with Gasteiger partial charge in [-0.25, -0.2) is 9.88 Å². The number of thiophene rings is 1. The topological polar surface area (TPSA) is 82.6 Å². The molecule has 2 aromatic heterocycles. The van der Waals surface area contributed by atoms with E-state index < -0.39 is 5.41 Å². The Morgan fingerprint density at radius 3 is 2.66 bits per heavy atom. The second kappa shape index (κ2) is 9.87. The third-order valence-electron chi connectivity index (χ3n) is 7.26. The van der Waals surface area contributed by atoms with E-state index in [-0.39, 0.29) is 17.7 Å². The monoisotopic (exact) mass is 490 g/mol. The van der Waals surface area contributed by atoms with Gasteiger partial charge in [0, 0.05) is 37.2 Å². The van der Waals surface area contributed by atoms with Gasteiger partial charge in [0.1, 0.15) is 5.82 Å². The van der Waals surface area contributed by atoms with Gasteiger partial charge in [0.15, 0.2) is 0 Å². The van der Waals surface area contributed by atoms with E-state index in [0.717, 1.165) is 50.1 Å². The highest BCUT2D eigenvalue weighted by atomic mass is 32.1. The van der Waals surface area contributed by atoms with Crippen LogP contribution in [-0.2, 0) is 20.8 Å². The summed E-state index contributed by atoms with van der Waals surface area (Å²) >= 11 is 1.73. The fourth-order valence-electron chi connectivity index (χ4n) is 5.31. The van der Waals surface area contributed by atoms with Crippen LogP contribution >= 0.6 is 11.3 Å². The zero-order valence-corrected chi connectivity index (χ0v) is 20.8. The molecule has 2 fully saturated rings. The molecule has 3 aliphatic heterocycles. The first-order valence-electron chi connectivity index (χ1n) is 12.2. The van der Waals surface area contributed by atoms with Crippen molar-refractivity contribution >= 4 is 47.0 Å². The van der Waals surface area contributed by atoms with E-state index in [2.05, 4.69) is 33.9 Å². The lowest BCUT2D eigenvalue weighted by molar-refractivity contribution is -0.134. The zero-order chi connectivity index (χ0) is 24.4. The zero-order valence-electron chi connectivity index (χ0n) is 20.0. The Hall–Kier alpha value is -3.10. The smallest absolute Gasteiger partial charge is 0.246 e. The van der Waals surface area contributed by atoms with Crippen molar-refractivity contribution in [3.8, 4) is 0 Å². The molecule has 0 aliphatic carbocycles. The molecule has 3 amide bonds. The molecule has 7 nitrogen and oxygen atoms in total. The van der Waals surface area contributed by atoms with Crippen molar-refractivity contribution in [1.29, 1.82) is 0 Å². The molecule has 0 aromatic carbocycles. The van der Waals surface area contributed by atoms with Crippen LogP contribution in [-0.4, -0.2) is 53.8 Å². The maximum Gasteiger partial charge on any atom is 0.246 e. The number of aromatic nitrogens is 1. The normalized spacial score (nSPS) is 19.8. The average Bonchev–Trinajstić information content (AvgIpc) is 3.37. The summed E-state index contributed by atoms with van der Waals surface area (Å²) in [7, 11) is 0. The van der Waals surface area contributed by atoms with Crippen LogP contribution in [0.1, 0.15) is 48.6 Å². The molecule has 2 saturated heterocycles. The molecule has 182 valence electrons. The Balaban J connectivity index is 1.29. The third-order valence-corrected chi connectivity index (χ3v) is 8.08. The quantitative estimate of drug-likeness (QED) is 0.664. The third kappa shape index (κ3) is 4.86. The highest BCUT2D eigenvalue weighted by Crippen LogP contribution is 2.42. The number of nitrogens with one attached hydrogen (secondary N) is 1. The van der Waals surface area contributed by atoms with Gasteiger partial charge in [-0.1, -0.05) is 11.6 Å². The summed E-state index contributed by atoms with van der Waals surface area (Å²) < 4.78 is 0. The number of nitrogens with zero attached hydrogens (tertiary/aromatic N) is 3. The number of likely N-dealkylation sites (tertiary alicyclic amines) is 1. The van der Waals surface area contributed by atoms with Crippen molar-refractivity contribution in [2.75, 3.05) is 31.1 Å². The predicted molar refractivity (Wildman–Crippen MR) is 138 cm³/mol. The van der Waals surface area contributed by atoms with Gasteiger partial charge < -0.3 is 10.2 Å². The number of pyridine rings is 1. The number of carbonyl (C=O) groups is 3. The van der Waals surface area contributed by atoms with E-state index in [4.69, 9.17) is 0 Å². The minimum absolute atomic E-state index is 0.00624. The summed E-state index contributed by atoms with van der Waals surface area (Å²) in [6.07, 6.45) is 11.0.